The van der Waals surface area contributed by atoms with E-state index in [9.17, 15) is 13.2 Å². The molecule has 0 aliphatic carbocycles. The maximum Gasteiger partial charge on any atom is 0.260 e. The molecule has 0 aromatic carbocycles. The average molecular weight is 300 g/mol. The number of carbonyl (C=O) groups is 1. The quantitative estimate of drug-likeness (QED) is 0.802. The average Bonchev–Trinajstić information content (AvgIpc) is 2.88. The number of nitrogens with zero attached hydrogens (tertiary/aromatic N) is 4. The molecule has 1 fully saturated rings. The first-order valence-corrected chi connectivity index (χ1v) is 8.13. The van der Waals surface area contributed by atoms with E-state index < -0.39 is 10.0 Å². The number of hydrogen-bond donors (Lipinski definition) is 0. The van der Waals surface area contributed by atoms with E-state index in [1.165, 1.54) is 21.3 Å². The van der Waals surface area contributed by atoms with E-state index in [0.717, 1.165) is 0 Å². The molecule has 0 spiro atoms. The molecule has 1 aliphatic heterocycles. The van der Waals surface area contributed by atoms with Crippen LogP contribution in [0.4, 0.5) is 0 Å². The van der Waals surface area contributed by atoms with Gasteiger partial charge in [0, 0.05) is 25.7 Å². The molecule has 1 aromatic rings. The van der Waals surface area contributed by atoms with Gasteiger partial charge >= 0.3 is 0 Å². The number of aromatic nitrogens is 2. The number of carbonyl (C=O) groups excluding carboxylic acids is 1. The molecule has 8 heteroatoms. The second-order valence-electron chi connectivity index (χ2n) is 5.02. The zero-order chi connectivity index (χ0) is 14.9. The molecule has 7 nitrogen and oxygen atoms in total. The fourth-order valence-corrected chi connectivity index (χ4v) is 3.85. The van der Waals surface area contributed by atoms with Crippen molar-refractivity contribution >= 4 is 15.9 Å². The van der Waals surface area contributed by atoms with Crippen LogP contribution in [0.1, 0.15) is 26.8 Å². The lowest BCUT2D eigenvalue weighted by molar-refractivity contribution is -0.133. The Hall–Kier alpha value is -1.41. The van der Waals surface area contributed by atoms with Crippen LogP contribution in [0.15, 0.2) is 17.3 Å². The summed E-state index contributed by atoms with van der Waals surface area (Å²) in [5, 5.41) is 4.19. The predicted molar refractivity (Wildman–Crippen MR) is 73.6 cm³/mol. The van der Waals surface area contributed by atoms with Crippen LogP contribution in [0, 0.1) is 0 Å². The molecule has 2 rings (SSSR count). The summed E-state index contributed by atoms with van der Waals surface area (Å²) in [4.78, 5) is 13.5. The van der Waals surface area contributed by atoms with Crippen LogP contribution >= 0.6 is 0 Å². The van der Waals surface area contributed by atoms with Crippen molar-refractivity contribution in [3.8, 4) is 0 Å². The van der Waals surface area contributed by atoms with Gasteiger partial charge in [-0.1, -0.05) is 0 Å². The zero-order valence-corrected chi connectivity index (χ0v) is 12.8. The second-order valence-corrected chi connectivity index (χ2v) is 6.90. The highest BCUT2D eigenvalue weighted by molar-refractivity contribution is 7.89. The lowest BCUT2D eigenvalue weighted by Gasteiger charge is -2.33. The predicted octanol–water partition coefficient (Wildman–Crippen LogP) is 0.317. The van der Waals surface area contributed by atoms with E-state index in [2.05, 4.69) is 5.10 Å². The Morgan fingerprint density at radius 2 is 2.05 bits per heavy atom. The van der Waals surface area contributed by atoms with Gasteiger partial charge in [-0.2, -0.15) is 9.40 Å². The highest BCUT2D eigenvalue weighted by atomic mass is 32.2. The van der Waals surface area contributed by atoms with E-state index in [1.807, 2.05) is 20.8 Å². The maximum absolute atomic E-state index is 12.6. The molecule has 20 heavy (non-hydrogen) atoms. The van der Waals surface area contributed by atoms with Crippen LogP contribution < -0.4 is 0 Å². The first kappa shape index (κ1) is 15.0. The van der Waals surface area contributed by atoms with Crippen LogP contribution in [0.3, 0.4) is 0 Å². The Morgan fingerprint density at radius 3 is 2.60 bits per heavy atom. The third-order valence-corrected chi connectivity index (χ3v) is 5.24. The van der Waals surface area contributed by atoms with Crippen LogP contribution in [0.2, 0.25) is 0 Å². The first-order chi connectivity index (χ1) is 9.37. The smallest absolute Gasteiger partial charge is 0.260 e. The van der Waals surface area contributed by atoms with Gasteiger partial charge in [0.2, 0.25) is 5.91 Å². The van der Waals surface area contributed by atoms with Gasteiger partial charge in [0.15, 0.2) is 5.03 Å². The van der Waals surface area contributed by atoms with Gasteiger partial charge in [-0.25, -0.2) is 8.42 Å². The van der Waals surface area contributed by atoms with Gasteiger partial charge in [-0.15, -0.1) is 0 Å². The maximum atomic E-state index is 12.6. The molecule has 0 unspecified atom stereocenters. The monoisotopic (exact) mass is 300 g/mol. The highest BCUT2D eigenvalue weighted by Gasteiger charge is 2.34. The summed E-state index contributed by atoms with van der Waals surface area (Å²) in [6, 6.07) is 1.42. The normalized spacial score (nSPS) is 18.0. The van der Waals surface area contributed by atoms with Crippen molar-refractivity contribution in [3.05, 3.63) is 12.3 Å². The van der Waals surface area contributed by atoms with Gasteiger partial charge in [-0.05, 0) is 26.8 Å². The fraction of sp³-hybridized carbons (Fsp3) is 0.667. The molecule has 0 N–H and O–H groups in total. The van der Waals surface area contributed by atoms with Crippen LogP contribution in [-0.2, 0) is 14.8 Å². The van der Waals surface area contributed by atoms with Gasteiger partial charge in [0.05, 0.1) is 12.7 Å². The Morgan fingerprint density at radius 1 is 1.35 bits per heavy atom. The zero-order valence-electron chi connectivity index (χ0n) is 12.0. The minimum atomic E-state index is -3.67. The van der Waals surface area contributed by atoms with E-state index >= 15 is 0 Å². The van der Waals surface area contributed by atoms with Crippen molar-refractivity contribution in [3.63, 3.8) is 0 Å². The lowest BCUT2D eigenvalue weighted by Crippen LogP contribution is -2.52. The van der Waals surface area contributed by atoms with Crippen molar-refractivity contribution in [2.75, 3.05) is 26.2 Å². The minimum Gasteiger partial charge on any atom is -0.341 e. The number of rotatable bonds is 4. The number of likely N-dealkylation sites (N-methyl/N-ethyl adjacent to an activating group) is 1. The number of piperazine rings is 1. The van der Waals surface area contributed by atoms with E-state index in [4.69, 9.17) is 0 Å². The standard InChI is InChI=1S/C12H20N4O3S/c1-4-14-7-8-15(9-11(14)17)20(18,19)12-5-6-13-16(12)10(2)3/h5-6,10H,4,7-9H2,1-3H3. The van der Waals surface area contributed by atoms with Crippen molar-refractivity contribution in [1.29, 1.82) is 0 Å². The van der Waals surface area contributed by atoms with E-state index in [-0.39, 0.29) is 23.5 Å². The van der Waals surface area contributed by atoms with Crippen LogP contribution in [-0.4, -0.2) is 59.5 Å². The summed E-state index contributed by atoms with van der Waals surface area (Å²) in [7, 11) is -3.67. The van der Waals surface area contributed by atoms with Crippen molar-refractivity contribution < 1.29 is 13.2 Å². The molecule has 2 heterocycles. The first-order valence-electron chi connectivity index (χ1n) is 6.69. The van der Waals surface area contributed by atoms with Crippen LogP contribution in [0.25, 0.3) is 0 Å². The number of hydrogen-bond acceptors (Lipinski definition) is 4. The lowest BCUT2D eigenvalue weighted by atomic mass is 10.3. The van der Waals surface area contributed by atoms with Gasteiger partial charge in [0.25, 0.3) is 10.0 Å². The Balaban J connectivity index is 2.28. The molecule has 0 radical (unpaired) electrons. The molecular formula is C12H20N4O3S. The van der Waals surface area contributed by atoms with E-state index in [0.29, 0.717) is 19.6 Å². The van der Waals surface area contributed by atoms with Crippen molar-refractivity contribution in [1.82, 2.24) is 19.0 Å². The van der Waals surface area contributed by atoms with Crippen molar-refractivity contribution in [2.24, 2.45) is 0 Å². The molecule has 0 bridgehead atoms. The van der Waals surface area contributed by atoms with E-state index in [1.54, 1.807) is 4.90 Å². The molecule has 1 amide bonds. The summed E-state index contributed by atoms with van der Waals surface area (Å²) >= 11 is 0. The Bertz CT molecular complexity index is 594. The molecule has 1 aromatic heterocycles. The topological polar surface area (TPSA) is 75.5 Å². The molecule has 0 saturated carbocycles. The third kappa shape index (κ3) is 2.57. The Labute approximate surface area is 119 Å². The number of amides is 1. The minimum absolute atomic E-state index is 0.0533. The third-order valence-electron chi connectivity index (χ3n) is 3.39. The highest BCUT2D eigenvalue weighted by Crippen LogP contribution is 2.20. The van der Waals surface area contributed by atoms with Crippen molar-refractivity contribution in [2.45, 2.75) is 31.8 Å². The molecule has 1 saturated heterocycles. The molecule has 0 atom stereocenters. The Kier molecular flexibility index (Phi) is 4.14. The van der Waals surface area contributed by atoms with Crippen LogP contribution in [0.5, 0.6) is 0 Å². The molecule has 1 aliphatic rings. The summed E-state index contributed by atoms with van der Waals surface area (Å²) in [5.74, 6) is -0.155. The number of sulfonamides is 1. The largest absolute Gasteiger partial charge is 0.341 e. The molecule has 112 valence electrons. The fourth-order valence-electron chi connectivity index (χ4n) is 2.25. The molecular weight excluding hydrogens is 280 g/mol. The van der Waals surface area contributed by atoms with Gasteiger partial charge in [0.1, 0.15) is 0 Å². The summed E-state index contributed by atoms with van der Waals surface area (Å²) in [5.41, 5.74) is 0. The SMILES string of the molecule is CCN1CCN(S(=O)(=O)c2ccnn2C(C)C)CC1=O. The summed E-state index contributed by atoms with van der Waals surface area (Å²) < 4.78 is 27.9. The summed E-state index contributed by atoms with van der Waals surface area (Å²) in [6.07, 6.45) is 1.47. The van der Waals surface area contributed by atoms with Gasteiger partial charge < -0.3 is 4.90 Å². The summed E-state index contributed by atoms with van der Waals surface area (Å²) in [6.45, 7) is 6.89. The second kappa shape index (κ2) is 5.53. The van der Waals surface area contributed by atoms with Gasteiger partial charge in [-0.3, -0.25) is 9.48 Å².